The van der Waals surface area contributed by atoms with Crippen LogP contribution in [0.3, 0.4) is 0 Å². The Morgan fingerprint density at radius 1 is 1.33 bits per heavy atom. The second kappa shape index (κ2) is 5.06. The normalized spacial score (nSPS) is 19.9. The zero-order valence-electron chi connectivity index (χ0n) is 9.88. The highest BCUT2D eigenvalue weighted by Gasteiger charge is 2.34. The van der Waals surface area contributed by atoms with Crippen molar-refractivity contribution in [1.82, 2.24) is 5.32 Å². The van der Waals surface area contributed by atoms with E-state index in [1.54, 1.807) is 0 Å². The van der Waals surface area contributed by atoms with Gasteiger partial charge < -0.3 is 14.8 Å². The maximum absolute atomic E-state index is 12.6. The molecular formula is C12H14F3NO2. The number of nitrogens with one attached hydrogen (secondary N) is 1. The molecule has 0 bridgehead atoms. The van der Waals surface area contributed by atoms with Crippen LogP contribution in [-0.2, 0) is 6.18 Å². The van der Waals surface area contributed by atoms with Crippen molar-refractivity contribution in [2.24, 2.45) is 0 Å². The first-order valence-electron chi connectivity index (χ1n) is 5.63. The summed E-state index contributed by atoms with van der Waals surface area (Å²) in [5.41, 5.74) is -0.790. The summed E-state index contributed by atoms with van der Waals surface area (Å²) in [5.74, 6) is 0.180. The molecule has 1 saturated heterocycles. The van der Waals surface area contributed by atoms with Crippen LogP contribution in [0.25, 0.3) is 0 Å². The standard InChI is InChI=1S/C12H14F3NO2/c1-17-11-6-8(18-9-4-5-16-7-9)2-3-10(11)12(13,14)15/h2-3,6,9,16H,4-5,7H2,1H3. The summed E-state index contributed by atoms with van der Waals surface area (Å²) in [7, 11) is 1.21. The van der Waals surface area contributed by atoms with Crippen molar-refractivity contribution in [2.45, 2.75) is 18.7 Å². The Kier molecular flexibility index (Phi) is 3.65. The number of halogens is 3. The van der Waals surface area contributed by atoms with Crippen molar-refractivity contribution in [2.75, 3.05) is 20.2 Å². The van der Waals surface area contributed by atoms with Gasteiger partial charge in [-0.15, -0.1) is 0 Å². The first kappa shape index (κ1) is 13.0. The van der Waals surface area contributed by atoms with E-state index in [0.717, 1.165) is 19.0 Å². The van der Waals surface area contributed by atoms with E-state index in [2.05, 4.69) is 5.32 Å². The number of hydrogen-bond donors (Lipinski definition) is 1. The second-order valence-corrected chi connectivity index (χ2v) is 4.09. The zero-order valence-corrected chi connectivity index (χ0v) is 9.88. The number of alkyl halides is 3. The van der Waals surface area contributed by atoms with E-state index in [0.29, 0.717) is 12.3 Å². The maximum Gasteiger partial charge on any atom is 0.419 e. The molecule has 2 rings (SSSR count). The highest BCUT2D eigenvalue weighted by molar-refractivity contribution is 5.42. The third-order valence-corrected chi connectivity index (χ3v) is 2.80. The topological polar surface area (TPSA) is 30.5 Å². The molecule has 0 spiro atoms. The van der Waals surface area contributed by atoms with Gasteiger partial charge in [0, 0.05) is 12.6 Å². The number of rotatable bonds is 3. The van der Waals surface area contributed by atoms with E-state index in [1.807, 2.05) is 0 Å². The zero-order chi connectivity index (χ0) is 13.2. The van der Waals surface area contributed by atoms with Crippen molar-refractivity contribution in [3.05, 3.63) is 23.8 Å². The molecule has 1 aliphatic rings. The SMILES string of the molecule is COc1cc(OC2CCNC2)ccc1C(F)(F)F. The molecule has 1 aromatic rings. The Bertz CT molecular complexity index is 414. The third kappa shape index (κ3) is 2.87. The van der Waals surface area contributed by atoms with Gasteiger partial charge >= 0.3 is 6.18 Å². The van der Waals surface area contributed by atoms with E-state index in [4.69, 9.17) is 9.47 Å². The summed E-state index contributed by atoms with van der Waals surface area (Å²) in [4.78, 5) is 0. The minimum atomic E-state index is -4.42. The quantitative estimate of drug-likeness (QED) is 0.906. The molecule has 1 heterocycles. The summed E-state index contributed by atoms with van der Waals surface area (Å²) in [5, 5.41) is 3.12. The molecule has 0 aromatic heterocycles. The summed E-state index contributed by atoms with van der Waals surface area (Å²) in [6, 6.07) is 3.58. The van der Waals surface area contributed by atoms with Crippen molar-refractivity contribution < 1.29 is 22.6 Å². The van der Waals surface area contributed by atoms with E-state index in [-0.39, 0.29) is 11.9 Å². The molecule has 100 valence electrons. The van der Waals surface area contributed by atoms with Crippen LogP contribution in [0.15, 0.2) is 18.2 Å². The van der Waals surface area contributed by atoms with Gasteiger partial charge in [-0.3, -0.25) is 0 Å². The maximum atomic E-state index is 12.6. The molecule has 0 amide bonds. The number of ether oxygens (including phenoxy) is 2. The fraction of sp³-hybridized carbons (Fsp3) is 0.500. The molecule has 18 heavy (non-hydrogen) atoms. The molecule has 0 aliphatic carbocycles. The lowest BCUT2D eigenvalue weighted by atomic mass is 10.2. The van der Waals surface area contributed by atoms with Gasteiger partial charge in [-0.25, -0.2) is 0 Å². The fourth-order valence-electron chi connectivity index (χ4n) is 1.90. The van der Waals surface area contributed by atoms with E-state index in [9.17, 15) is 13.2 Å². The average Bonchev–Trinajstić information content (AvgIpc) is 2.80. The average molecular weight is 261 g/mol. The molecule has 3 nitrogen and oxygen atoms in total. The molecule has 1 aliphatic heterocycles. The fourth-order valence-corrected chi connectivity index (χ4v) is 1.90. The lowest BCUT2D eigenvalue weighted by molar-refractivity contribution is -0.138. The van der Waals surface area contributed by atoms with Crippen LogP contribution in [-0.4, -0.2) is 26.3 Å². The molecular weight excluding hydrogens is 247 g/mol. The third-order valence-electron chi connectivity index (χ3n) is 2.80. The smallest absolute Gasteiger partial charge is 0.419 e. The largest absolute Gasteiger partial charge is 0.496 e. The van der Waals surface area contributed by atoms with Crippen LogP contribution < -0.4 is 14.8 Å². The van der Waals surface area contributed by atoms with Gasteiger partial charge in [0.05, 0.1) is 12.7 Å². The molecule has 0 radical (unpaired) electrons. The van der Waals surface area contributed by atoms with E-state index >= 15 is 0 Å². The van der Waals surface area contributed by atoms with Crippen LogP contribution in [0.2, 0.25) is 0 Å². The van der Waals surface area contributed by atoms with Crippen molar-refractivity contribution in [3.8, 4) is 11.5 Å². The van der Waals surface area contributed by atoms with Gasteiger partial charge in [0.15, 0.2) is 0 Å². The van der Waals surface area contributed by atoms with Gasteiger partial charge in [0.25, 0.3) is 0 Å². The van der Waals surface area contributed by atoms with Crippen LogP contribution in [0.4, 0.5) is 13.2 Å². The van der Waals surface area contributed by atoms with Gasteiger partial charge in [0.2, 0.25) is 0 Å². The minimum Gasteiger partial charge on any atom is -0.496 e. The Labute approximate surface area is 103 Å². The Hall–Kier alpha value is -1.43. The molecule has 1 N–H and O–H groups in total. The van der Waals surface area contributed by atoms with Gasteiger partial charge in [-0.2, -0.15) is 13.2 Å². The van der Waals surface area contributed by atoms with Gasteiger partial charge in [0.1, 0.15) is 17.6 Å². The molecule has 6 heteroatoms. The number of methoxy groups -OCH3 is 1. The number of hydrogen-bond acceptors (Lipinski definition) is 3. The van der Waals surface area contributed by atoms with Crippen LogP contribution in [0.1, 0.15) is 12.0 Å². The van der Waals surface area contributed by atoms with Crippen molar-refractivity contribution in [1.29, 1.82) is 0 Å². The molecule has 1 fully saturated rings. The summed E-state index contributed by atoms with van der Waals surface area (Å²) in [6.45, 7) is 1.58. The van der Waals surface area contributed by atoms with E-state index < -0.39 is 11.7 Å². The molecule has 0 saturated carbocycles. The van der Waals surface area contributed by atoms with Crippen LogP contribution in [0.5, 0.6) is 11.5 Å². The lowest BCUT2D eigenvalue weighted by Crippen LogP contribution is -2.19. The highest BCUT2D eigenvalue weighted by Crippen LogP contribution is 2.38. The second-order valence-electron chi connectivity index (χ2n) is 4.09. The predicted molar refractivity (Wildman–Crippen MR) is 59.9 cm³/mol. The monoisotopic (exact) mass is 261 g/mol. The first-order chi connectivity index (χ1) is 8.50. The van der Waals surface area contributed by atoms with Crippen LogP contribution >= 0.6 is 0 Å². The summed E-state index contributed by atoms with van der Waals surface area (Å²) >= 11 is 0. The highest BCUT2D eigenvalue weighted by atomic mass is 19.4. The number of benzene rings is 1. The predicted octanol–water partition coefficient (Wildman–Crippen LogP) is 2.45. The van der Waals surface area contributed by atoms with Crippen LogP contribution in [0, 0.1) is 0 Å². The van der Waals surface area contributed by atoms with E-state index in [1.165, 1.54) is 19.2 Å². The van der Waals surface area contributed by atoms with Crippen molar-refractivity contribution >= 4 is 0 Å². The Morgan fingerprint density at radius 3 is 2.67 bits per heavy atom. The molecule has 1 atom stereocenters. The van der Waals surface area contributed by atoms with Gasteiger partial charge in [-0.05, 0) is 25.1 Å². The summed E-state index contributed by atoms with van der Waals surface area (Å²) < 4.78 is 48.3. The Balaban J connectivity index is 2.18. The van der Waals surface area contributed by atoms with Gasteiger partial charge in [-0.1, -0.05) is 0 Å². The van der Waals surface area contributed by atoms with Crippen molar-refractivity contribution in [3.63, 3.8) is 0 Å². The first-order valence-corrected chi connectivity index (χ1v) is 5.63. The molecule has 1 unspecified atom stereocenters. The summed E-state index contributed by atoms with van der Waals surface area (Å²) in [6.07, 6.45) is -3.56. The minimum absolute atomic E-state index is 0.00597. The Morgan fingerprint density at radius 2 is 2.11 bits per heavy atom. The lowest BCUT2D eigenvalue weighted by Gasteiger charge is -2.16. The molecule has 1 aromatic carbocycles.